The molecule has 1 aromatic heterocycles. The van der Waals surface area contributed by atoms with Gasteiger partial charge in [-0.3, -0.25) is 4.68 Å². The van der Waals surface area contributed by atoms with Crippen LogP contribution in [0.3, 0.4) is 0 Å². The average Bonchev–Trinajstić information content (AvgIpc) is 2.55. The van der Waals surface area contributed by atoms with Crippen LogP contribution in [-0.4, -0.2) is 33.9 Å². The highest BCUT2D eigenvalue weighted by Gasteiger charge is 2.24. The van der Waals surface area contributed by atoms with Crippen molar-refractivity contribution in [3.8, 4) is 0 Å². The standard InChI is InChI=1S/C11H17N3O2/c1-8-9(11(15)16)10(13(2)12-8)14-6-4-3-5-7-14/h3-7H2,1-2H3,(H,15,16). The molecule has 16 heavy (non-hydrogen) atoms. The van der Waals surface area contributed by atoms with Gasteiger partial charge in [-0.05, 0) is 26.2 Å². The summed E-state index contributed by atoms with van der Waals surface area (Å²) >= 11 is 0. The Morgan fingerprint density at radius 2 is 1.94 bits per heavy atom. The highest BCUT2D eigenvalue weighted by atomic mass is 16.4. The second-order valence-corrected chi connectivity index (χ2v) is 4.26. The summed E-state index contributed by atoms with van der Waals surface area (Å²) < 4.78 is 1.68. The topological polar surface area (TPSA) is 58.4 Å². The smallest absolute Gasteiger partial charge is 0.341 e. The van der Waals surface area contributed by atoms with Crippen molar-refractivity contribution in [1.82, 2.24) is 9.78 Å². The maximum absolute atomic E-state index is 11.2. The molecule has 0 spiro atoms. The largest absolute Gasteiger partial charge is 0.477 e. The van der Waals surface area contributed by atoms with E-state index < -0.39 is 5.97 Å². The summed E-state index contributed by atoms with van der Waals surface area (Å²) in [5, 5.41) is 13.4. The molecule has 2 rings (SSSR count). The summed E-state index contributed by atoms with van der Waals surface area (Å²) in [6.45, 7) is 3.61. The van der Waals surface area contributed by atoms with Gasteiger partial charge in [-0.25, -0.2) is 4.79 Å². The molecule has 0 amide bonds. The number of anilines is 1. The Morgan fingerprint density at radius 3 is 2.50 bits per heavy atom. The molecule has 0 aliphatic carbocycles. The van der Waals surface area contributed by atoms with E-state index in [0.29, 0.717) is 11.3 Å². The first kappa shape index (κ1) is 11.0. The number of nitrogens with zero attached hydrogens (tertiary/aromatic N) is 3. The van der Waals surface area contributed by atoms with Gasteiger partial charge in [-0.2, -0.15) is 5.10 Å². The van der Waals surface area contributed by atoms with Crippen molar-refractivity contribution in [1.29, 1.82) is 0 Å². The number of aromatic carboxylic acids is 1. The van der Waals surface area contributed by atoms with Crippen molar-refractivity contribution in [2.24, 2.45) is 7.05 Å². The van der Waals surface area contributed by atoms with E-state index in [-0.39, 0.29) is 0 Å². The fourth-order valence-corrected chi connectivity index (χ4v) is 2.36. The van der Waals surface area contributed by atoms with Gasteiger partial charge in [0.1, 0.15) is 11.4 Å². The van der Waals surface area contributed by atoms with Crippen molar-refractivity contribution in [2.75, 3.05) is 18.0 Å². The first-order chi connectivity index (χ1) is 7.61. The third-order valence-corrected chi connectivity index (χ3v) is 3.06. The first-order valence-electron chi connectivity index (χ1n) is 5.63. The molecule has 88 valence electrons. The van der Waals surface area contributed by atoms with Gasteiger partial charge in [-0.15, -0.1) is 0 Å². The molecule has 0 radical (unpaired) electrons. The summed E-state index contributed by atoms with van der Waals surface area (Å²) in [5.74, 6) is -0.129. The fraction of sp³-hybridized carbons (Fsp3) is 0.636. The lowest BCUT2D eigenvalue weighted by atomic mass is 10.1. The SMILES string of the molecule is Cc1nn(C)c(N2CCCCC2)c1C(=O)O. The van der Waals surface area contributed by atoms with Crippen LogP contribution in [0.15, 0.2) is 0 Å². The van der Waals surface area contributed by atoms with Crippen molar-refractivity contribution >= 4 is 11.8 Å². The summed E-state index contributed by atoms with van der Waals surface area (Å²) in [4.78, 5) is 13.4. The number of rotatable bonds is 2. The Labute approximate surface area is 94.7 Å². The Kier molecular flexibility index (Phi) is 2.85. The fourth-order valence-electron chi connectivity index (χ4n) is 2.36. The average molecular weight is 223 g/mol. The first-order valence-corrected chi connectivity index (χ1v) is 5.63. The second-order valence-electron chi connectivity index (χ2n) is 4.26. The van der Waals surface area contributed by atoms with Crippen LogP contribution in [0.1, 0.15) is 35.3 Å². The van der Waals surface area contributed by atoms with Gasteiger partial charge in [0.05, 0.1) is 5.69 Å². The van der Waals surface area contributed by atoms with E-state index in [1.807, 2.05) is 7.05 Å². The van der Waals surface area contributed by atoms with Crippen molar-refractivity contribution in [2.45, 2.75) is 26.2 Å². The number of carboxylic acids is 1. The molecule has 1 fully saturated rings. The van der Waals surface area contributed by atoms with Gasteiger partial charge < -0.3 is 10.0 Å². The van der Waals surface area contributed by atoms with E-state index in [2.05, 4.69) is 10.00 Å². The van der Waals surface area contributed by atoms with Crippen LogP contribution >= 0.6 is 0 Å². The predicted octanol–water partition coefficient (Wildman–Crippen LogP) is 1.42. The molecule has 0 unspecified atom stereocenters. The van der Waals surface area contributed by atoms with E-state index in [1.54, 1.807) is 11.6 Å². The molecular weight excluding hydrogens is 206 g/mol. The van der Waals surface area contributed by atoms with E-state index in [0.717, 1.165) is 31.7 Å². The quantitative estimate of drug-likeness (QED) is 0.823. The zero-order valence-corrected chi connectivity index (χ0v) is 9.73. The maximum atomic E-state index is 11.2. The van der Waals surface area contributed by atoms with Gasteiger partial charge in [0.15, 0.2) is 0 Å². The molecular formula is C11H17N3O2. The van der Waals surface area contributed by atoms with Crippen LogP contribution < -0.4 is 4.90 Å². The number of hydrogen-bond donors (Lipinski definition) is 1. The van der Waals surface area contributed by atoms with Crippen molar-refractivity contribution in [3.05, 3.63) is 11.3 Å². The number of carboxylic acid groups (broad SMARTS) is 1. The monoisotopic (exact) mass is 223 g/mol. The number of aryl methyl sites for hydroxylation is 2. The second kappa shape index (κ2) is 4.15. The minimum atomic E-state index is -0.883. The minimum Gasteiger partial charge on any atom is -0.477 e. The van der Waals surface area contributed by atoms with E-state index in [9.17, 15) is 9.90 Å². The third-order valence-electron chi connectivity index (χ3n) is 3.06. The van der Waals surface area contributed by atoms with Gasteiger partial charge in [0.2, 0.25) is 0 Å². The van der Waals surface area contributed by atoms with E-state index in [1.165, 1.54) is 6.42 Å². The zero-order valence-electron chi connectivity index (χ0n) is 9.73. The van der Waals surface area contributed by atoms with Gasteiger partial charge in [0.25, 0.3) is 0 Å². The van der Waals surface area contributed by atoms with Crippen molar-refractivity contribution in [3.63, 3.8) is 0 Å². The molecule has 0 bridgehead atoms. The maximum Gasteiger partial charge on any atom is 0.341 e. The van der Waals surface area contributed by atoms with Crippen LogP contribution in [0.25, 0.3) is 0 Å². The summed E-state index contributed by atoms with van der Waals surface area (Å²) in [5.41, 5.74) is 0.944. The highest BCUT2D eigenvalue weighted by Crippen LogP contribution is 2.25. The molecule has 1 aromatic rings. The van der Waals surface area contributed by atoms with Crippen LogP contribution in [0, 0.1) is 6.92 Å². The van der Waals surface area contributed by atoms with Gasteiger partial charge >= 0.3 is 5.97 Å². The normalized spacial score (nSPS) is 16.5. The van der Waals surface area contributed by atoms with Crippen LogP contribution in [0.4, 0.5) is 5.82 Å². The minimum absolute atomic E-state index is 0.351. The third kappa shape index (κ3) is 1.77. The van der Waals surface area contributed by atoms with Crippen molar-refractivity contribution < 1.29 is 9.90 Å². The lowest BCUT2D eigenvalue weighted by Gasteiger charge is -2.28. The van der Waals surface area contributed by atoms with Crippen LogP contribution in [0.2, 0.25) is 0 Å². The molecule has 2 heterocycles. The highest BCUT2D eigenvalue weighted by molar-refractivity contribution is 5.94. The number of hydrogen-bond acceptors (Lipinski definition) is 3. The predicted molar refractivity (Wildman–Crippen MR) is 61.0 cm³/mol. The molecule has 1 aliphatic rings. The van der Waals surface area contributed by atoms with Crippen LogP contribution in [0.5, 0.6) is 0 Å². The van der Waals surface area contributed by atoms with Gasteiger partial charge in [0, 0.05) is 20.1 Å². The van der Waals surface area contributed by atoms with E-state index in [4.69, 9.17) is 0 Å². The molecule has 1 N–H and O–H groups in total. The molecule has 0 atom stereocenters. The summed E-state index contributed by atoms with van der Waals surface area (Å²) in [7, 11) is 1.81. The van der Waals surface area contributed by atoms with Gasteiger partial charge in [-0.1, -0.05) is 0 Å². The van der Waals surface area contributed by atoms with E-state index >= 15 is 0 Å². The zero-order chi connectivity index (χ0) is 11.7. The summed E-state index contributed by atoms with van der Waals surface area (Å²) in [6.07, 6.45) is 3.49. The lowest BCUT2D eigenvalue weighted by Crippen LogP contribution is -2.32. The summed E-state index contributed by atoms with van der Waals surface area (Å²) in [6, 6.07) is 0. The molecule has 5 nitrogen and oxygen atoms in total. The molecule has 1 aliphatic heterocycles. The molecule has 0 aromatic carbocycles. The van der Waals surface area contributed by atoms with Crippen LogP contribution in [-0.2, 0) is 7.05 Å². The Morgan fingerprint density at radius 1 is 1.31 bits per heavy atom. The number of carbonyl (C=O) groups is 1. The molecule has 5 heteroatoms. The molecule has 1 saturated heterocycles. The Hall–Kier alpha value is -1.52. The number of piperidine rings is 1. The lowest BCUT2D eigenvalue weighted by molar-refractivity contribution is 0.0696. The number of aromatic nitrogens is 2. The molecule has 0 saturated carbocycles. The Balaban J connectivity index is 2.41. The Bertz CT molecular complexity index is 406.